The number of benzene rings is 2. The number of pyridine rings is 2. The molecule has 1 amide bonds. The van der Waals surface area contributed by atoms with Crippen molar-refractivity contribution in [3.05, 3.63) is 102 Å². The molecule has 0 unspecified atom stereocenters. The van der Waals surface area contributed by atoms with Crippen molar-refractivity contribution in [3.63, 3.8) is 0 Å². The molecule has 5 aromatic rings. The average Bonchev–Trinajstić information content (AvgIpc) is 3.85. The van der Waals surface area contributed by atoms with Gasteiger partial charge in [0.1, 0.15) is 23.0 Å². The second-order valence-electron chi connectivity index (χ2n) is 11.7. The van der Waals surface area contributed by atoms with Gasteiger partial charge in [-0.1, -0.05) is 18.2 Å². The van der Waals surface area contributed by atoms with E-state index in [1.807, 2.05) is 42.4 Å². The second kappa shape index (κ2) is 15.0. The van der Waals surface area contributed by atoms with Crippen molar-refractivity contribution in [2.75, 3.05) is 25.9 Å². The number of halogens is 3. The third-order valence-electron chi connectivity index (χ3n) is 7.98. The van der Waals surface area contributed by atoms with Gasteiger partial charge in [0.25, 0.3) is 5.92 Å². The van der Waals surface area contributed by atoms with Crippen LogP contribution in [0.5, 0.6) is 0 Å². The van der Waals surface area contributed by atoms with Gasteiger partial charge < -0.3 is 20.4 Å². The van der Waals surface area contributed by atoms with Crippen molar-refractivity contribution in [1.29, 1.82) is 0 Å². The van der Waals surface area contributed by atoms with Gasteiger partial charge in [-0.15, -0.1) is 0 Å². The molecule has 0 atom stereocenters. The standard InChI is InChI=1S/C22H15FN2O3.C8H10N2.C6H11F2N/c23-18-4-2-15(3-5-18)20-9-16(21-6-1-14(12-26)10-25-21)7-17-8-19(11-24-13-27)28-22(17)20;9-8-4-3-7(5-10-8)6-1-2-6;1-9-4-2-6(7,8)3-5-9/h1-10,12-13H,11H2,(H,24,27);3-6H,1-2H2,(H2,9,10);2-5H2,1H3. The maximum Gasteiger partial charge on any atom is 0.250 e. The van der Waals surface area contributed by atoms with Gasteiger partial charge in [0, 0.05) is 60.4 Å². The third-order valence-corrected chi connectivity index (χ3v) is 7.98. The zero-order valence-electron chi connectivity index (χ0n) is 26.0. The van der Waals surface area contributed by atoms with E-state index in [0.29, 0.717) is 47.9 Å². The summed E-state index contributed by atoms with van der Waals surface area (Å²) in [7, 11) is 1.87. The number of nitrogen functional groups attached to an aromatic ring is 1. The largest absolute Gasteiger partial charge is 0.459 e. The lowest BCUT2D eigenvalue weighted by Crippen LogP contribution is -2.36. The zero-order chi connectivity index (χ0) is 33.4. The molecule has 0 spiro atoms. The van der Waals surface area contributed by atoms with Gasteiger partial charge in [-0.3, -0.25) is 14.6 Å². The Kier molecular flexibility index (Phi) is 10.7. The Morgan fingerprint density at radius 3 is 2.28 bits per heavy atom. The van der Waals surface area contributed by atoms with Crippen LogP contribution in [0.15, 0.2) is 83.5 Å². The van der Waals surface area contributed by atoms with Crippen molar-refractivity contribution in [1.82, 2.24) is 20.2 Å². The fraction of sp³-hybridized carbons (Fsp3) is 0.278. The number of rotatable bonds is 7. The number of anilines is 1. The fourth-order valence-corrected chi connectivity index (χ4v) is 5.09. The molecule has 4 heterocycles. The number of nitrogens with zero attached hydrogens (tertiary/aromatic N) is 3. The summed E-state index contributed by atoms with van der Waals surface area (Å²) in [5.74, 6) is -0.700. The lowest BCUT2D eigenvalue weighted by atomic mass is 9.98. The molecule has 7 rings (SSSR count). The van der Waals surface area contributed by atoms with Crippen LogP contribution < -0.4 is 11.1 Å². The molecule has 3 aromatic heterocycles. The Morgan fingerprint density at radius 1 is 0.957 bits per heavy atom. The first-order valence-electron chi connectivity index (χ1n) is 15.3. The normalized spacial score (nSPS) is 15.5. The summed E-state index contributed by atoms with van der Waals surface area (Å²) in [5.41, 5.74) is 11.0. The summed E-state index contributed by atoms with van der Waals surface area (Å²) in [6.07, 6.45) is 7.46. The molecule has 47 heavy (non-hydrogen) atoms. The molecule has 1 saturated heterocycles. The molecule has 244 valence electrons. The minimum Gasteiger partial charge on any atom is -0.459 e. The SMILES string of the molecule is CN1CCC(F)(F)CC1.Nc1ccc(C2CC2)cn1.O=CNCc1cc2cc(-c3ccc(C=O)cn3)cc(-c3ccc(F)cc3)c2o1. The van der Waals surface area contributed by atoms with Crippen LogP contribution in [0.3, 0.4) is 0 Å². The minimum atomic E-state index is -2.38. The monoisotopic (exact) mass is 643 g/mol. The number of carbonyl (C=O) groups excluding carboxylic acids is 2. The molecule has 11 heteroatoms. The van der Waals surface area contributed by atoms with Crippen molar-refractivity contribution in [2.24, 2.45) is 0 Å². The number of likely N-dealkylation sites (tertiary alicyclic amines) is 1. The van der Waals surface area contributed by atoms with E-state index < -0.39 is 5.92 Å². The van der Waals surface area contributed by atoms with E-state index in [0.717, 1.165) is 34.3 Å². The van der Waals surface area contributed by atoms with Crippen LogP contribution in [-0.2, 0) is 11.3 Å². The van der Waals surface area contributed by atoms with Crippen molar-refractivity contribution in [2.45, 2.75) is 44.1 Å². The Morgan fingerprint density at radius 2 is 1.70 bits per heavy atom. The van der Waals surface area contributed by atoms with E-state index in [1.165, 1.54) is 36.7 Å². The first-order chi connectivity index (χ1) is 22.6. The Hall–Kier alpha value is -5.03. The molecule has 2 fully saturated rings. The zero-order valence-corrected chi connectivity index (χ0v) is 26.0. The number of aldehydes is 1. The lowest BCUT2D eigenvalue weighted by molar-refractivity contribution is -0.109. The predicted molar refractivity (Wildman–Crippen MR) is 175 cm³/mol. The molecule has 2 aliphatic rings. The quantitative estimate of drug-likeness (QED) is 0.180. The molecule has 0 radical (unpaired) electrons. The van der Waals surface area contributed by atoms with Gasteiger partial charge in [-0.2, -0.15) is 0 Å². The number of fused-ring (bicyclic) bond motifs is 1. The number of furan rings is 1. The van der Waals surface area contributed by atoms with Gasteiger partial charge in [-0.05, 0) is 85.5 Å². The van der Waals surface area contributed by atoms with Crippen molar-refractivity contribution in [3.8, 4) is 22.4 Å². The van der Waals surface area contributed by atoms with E-state index in [-0.39, 0.29) is 25.2 Å². The minimum absolute atomic E-state index is 0.0312. The van der Waals surface area contributed by atoms with Crippen LogP contribution in [-0.4, -0.2) is 53.6 Å². The first-order valence-corrected chi connectivity index (χ1v) is 15.3. The molecule has 2 aromatic carbocycles. The summed E-state index contributed by atoms with van der Waals surface area (Å²) >= 11 is 0. The van der Waals surface area contributed by atoms with Gasteiger partial charge >= 0.3 is 0 Å². The highest BCUT2D eigenvalue weighted by Crippen LogP contribution is 2.39. The maximum atomic E-state index is 13.4. The number of hydrogen-bond donors (Lipinski definition) is 2. The van der Waals surface area contributed by atoms with Crippen LogP contribution >= 0.6 is 0 Å². The molecule has 1 aliphatic carbocycles. The van der Waals surface area contributed by atoms with E-state index in [9.17, 15) is 22.8 Å². The third kappa shape index (κ3) is 9.26. The number of carbonyl (C=O) groups is 2. The van der Waals surface area contributed by atoms with Crippen LogP contribution in [0.25, 0.3) is 33.4 Å². The fourth-order valence-electron chi connectivity index (χ4n) is 5.09. The molecular formula is C36H36F3N5O3. The average molecular weight is 644 g/mol. The lowest BCUT2D eigenvalue weighted by Gasteiger charge is -2.28. The van der Waals surface area contributed by atoms with E-state index >= 15 is 0 Å². The van der Waals surface area contributed by atoms with Gasteiger partial charge in [0.2, 0.25) is 6.41 Å². The number of alkyl halides is 2. The molecular weight excluding hydrogens is 607 g/mol. The summed E-state index contributed by atoms with van der Waals surface area (Å²) < 4.78 is 44.0. The molecule has 8 nitrogen and oxygen atoms in total. The van der Waals surface area contributed by atoms with E-state index in [1.54, 1.807) is 24.3 Å². The topological polar surface area (TPSA) is 114 Å². The summed E-state index contributed by atoms with van der Waals surface area (Å²) in [4.78, 5) is 31.8. The molecule has 0 bridgehead atoms. The van der Waals surface area contributed by atoms with E-state index in [2.05, 4.69) is 21.4 Å². The number of piperidine rings is 1. The number of amides is 1. The van der Waals surface area contributed by atoms with Crippen LogP contribution in [0.1, 0.15) is 53.3 Å². The summed E-state index contributed by atoms with van der Waals surface area (Å²) in [5, 5.41) is 3.42. The number of aromatic nitrogens is 2. The molecule has 1 saturated carbocycles. The highest BCUT2D eigenvalue weighted by Gasteiger charge is 2.32. The molecule has 3 N–H and O–H groups in total. The highest BCUT2D eigenvalue weighted by molar-refractivity contribution is 5.96. The second-order valence-corrected chi connectivity index (χ2v) is 11.7. The Bertz CT molecular complexity index is 1780. The van der Waals surface area contributed by atoms with Gasteiger partial charge in [0.05, 0.1) is 12.2 Å². The number of nitrogens with two attached hydrogens (primary N) is 1. The van der Waals surface area contributed by atoms with E-state index in [4.69, 9.17) is 10.2 Å². The first kappa shape index (κ1) is 33.3. The van der Waals surface area contributed by atoms with Crippen LogP contribution in [0.2, 0.25) is 0 Å². The van der Waals surface area contributed by atoms with Crippen LogP contribution in [0.4, 0.5) is 19.0 Å². The van der Waals surface area contributed by atoms with Gasteiger partial charge in [0.15, 0.2) is 6.29 Å². The molecule has 1 aliphatic heterocycles. The smallest absolute Gasteiger partial charge is 0.250 e. The Balaban J connectivity index is 0.000000184. The summed E-state index contributed by atoms with van der Waals surface area (Å²) in [6, 6.07) is 19.3. The Labute approximate surface area is 270 Å². The maximum absolute atomic E-state index is 13.4. The van der Waals surface area contributed by atoms with Crippen molar-refractivity contribution < 1.29 is 27.2 Å². The van der Waals surface area contributed by atoms with Crippen LogP contribution in [0, 0.1) is 5.82 Å². The summed E-state index contributed by atoms with van der Waals surface area (Å²) in [6.45, 7) is 1.34. The number of nitrogens with one attached hydrogen (secondary N) is 1. The van der Waals surface area contributed by atoms with Crippen molar-refractivity contribution >= 4 is 29.5 Å². The predicted octanol–water partition coefficient (Wildman–Crippen LogP) is 7.25. The van der Waals surface area contributed by atoms with Gasteiger partial charge in [-0.25, -0.2) is 18.2 Å². The number of hydrogen-bond acceptors (Lipinski definition) is 7. The highest BCUT2D eigenvalue weighted by atomic mass is 19.3.